The van der Waals surface area contributed by atoms with Gasteiger partial charge in [-0.15, -0.1) is 0 Å². The summed E-state index contributed by atoms with van der Waals surface area (Å²) in [4.78, 5) is 78.5. The first-order valence-corrected chi connectivity index (χ1v) is 18.1. The Morgan fingerprint density at radius 3 is 2.63 bits per heavy atom. The minimum absolute atomic E-state index is 0.0349. The zero-order valence-electron chi connectivity index (χ0n) is 28.0. The molecule has 3 amide bonds. The largest absolute Gasteiger partial charge is 0.464 e. The fourth-order valence-electron chi connectivity index (χ4n) is 6.15. The maximum atomic E-state index is 14.3. The summed E-state index contributed by atoms with van der Waals surface area (Å²) in [5.41, 5.74) is -2.50. The molecule has 16 heteroatoms. The lowest BCUT2D eigenvalue weighted by Gasteiger charge is -2.30. The second kappa shape index (κ2) is 15.4. The molecule has 0 aromatic carbocycles. The number of carbonyl (C=O) groups excluding carboxylic acids is 4. The lowest BCUT2D eigenvalue weighted by Crippen LogP contribution is -2.56. The van der Waals surface area contributed by atoms with Gasteiger partial charge in [0.15, 0.2) is 5.16 Å². The highest BCUT2D eigenvalue weighted by Crippen LogP contribution is 2.46. The number of hydrogen-bond donors (Lipinski definition) is 2. The SMILES string of the molecule is CCOC(=O)[C@@]12C[C@H]1/C=C\CCCCC[C@H](NC(=O)OC(C)(C)C)C(=O)N1C[C@H](n3ncc(Sc4ncccn4)c(Br)c3=O)C[C@H]1C(=O)N2. The second-order valence-electron chi connectivity index (χ2n) is 13.4. The molecule has 3 aliphatic rings. The maximum Gasteiger partial charge on any atom is 0.408 e. The van der Waals surface area contributed by atoms with Crippen molar-refractivity contribution in [2.24, 2.45) is 5.92 Å². The molecule has 2 aromatic heterocycles. The standard InChI is InChI=1S/C33H42BrN7O7S/c1-5-47-29(45)33-17-20(33)12-9-7-6-8-10-13-22(38-31(46)48-32(2,3)4)27(43)40-19-21(16-23(40)26(42)39-33)41-28(44)25(34)24(18-37-41)49-30-35-14-11-15-36-30/h9,11-12,14-15,18,20-23H,5-8,10,13,16-17,19H2,1-4H3,(H,38,46)(H,39,42)/b12-9-/t20-,21-,22+,23+,33-/m1/s1. The maximum absolute atomic E-state index is 14.3. The number of esters is 1. The van der Waals surface area contributed by atoms with Gasteiger partial charge in [-0.3, -0.25) is 14.4 Å². The molecule has 1 saturated carbocycles. The summed E-state index contributed by atoms with van der Waals surface area (Å²) < 4.78 is 12.3. The summed E-state index contributed by atoms with van der Waals surface area (Å²) in [5, 5.41) is 10.5. The Balaban J connectivity index is 1.48. The predicted molar refractivity (Wildman–Crippen MR) is 183 cm³/mol. The van der Waals surface area contributed by atoms with Gasteiger partial charge >= 0.3 is 12.1 Å². The highest BCUT2D eigenvalue weighted by atomic mass is 79.9. The van der Waals surface area contributed by atoms with Crippen LogP contribution in [-0.4, -0.2) is 84.9 Å². The molecule has 0 radical (unpaired) electrons. The van der Waals surface area contributed by atoms with Gasteiger partial charge < -0.3 is 25.0 Å². The van der Waals surface area contributed by atoms with Gasteiger partial charge in [0.2, 0.25) is 11.8 Å². The third kappa shape index (κ3) is 8.69. The Labute approximate surface area is 297 Å². The van der Waals surface area contributed by atoms with Gasteiger partial charge in [-0.05, 0) is 87.1 Å². The minimum Gasteiger partial charge on any atom is -0.464 e. The number of allylic oxidation sites excluding steroid dienone is 1. The van der Waals surface area contributed by atoms with E-state index in [1.54, 1.807) is 46.2 Å². The van der Waals surface area contributed by atoms with E-state index in [-0.39, 0.29) is 30.0 Å². The zero-order valence-corrected chi connectivity index (χ0v) is 30.4. The molecule has 1 saturated heterocycles. The lowest BCUT2D eigenvalue weighted by atomic mass is 10.0. The Kier molecular flexibility index (Phi) is 11.5. The van der Waals surface area contributed by atoms with Crippen molar-refractivity contribution in [2.45, 2.75) is 112 Å². The van der Waals surface area contributed by atoms with Crippen molar-refractivity contribution in [3.05, 3.63) is 51.6 Å². The van der Waals surface area contributed by atoms with Gasteiger partial charge in [0.05, 0.1) is 23.7 Å². The first-order chi connectivity index (χ1) is 23.3. The number of nitrogens with one attached hydrogen (secondary N) is 2. The van der Waals surface area contributed by atoms with Crippen LogP contribution in [0.25, 0.3) is 0 Å². The van der Waals surface area contributed by atoms with Crippen molar-refractivity contribution in [3.63, 3.8) is 0 Å². The van der Waals surface area contributed by atoms with Gasteiger partial charge in [0, 0.05) is 31.3 Å². The van der Waals surface area contributed by atoms with Crippen molar-refractivity contribution in [3.8, 4) is 0 Å². The number of rotatable bonds is 6. The second-order valence-corrected chi connectivity index (χ2v) is 15.2. The molecule has 2 aromatic rings. The number of hydrogen-bond acceptors (Lipinski definition) is 11. The van der Waals surface area contributed by atoms with Crippen LogP contribution in [0.5, 0.6) is 0 Å². The third-order valence-corrected chi connectivity index (χ3v) is 10.5. The number of ether oxygens (including phenoxy) is 2. The van der Waals surface area contributed by atoms with Crippen LogP contribution in [0.15, 0.2) is 56.1 Å². The highest BCUT2D eigenvalue weighted by molar-refractivity contribution is 9.10. The van der Waals surface area contributed by atoms with Gasteiger partial charge in [0.1, 0.15) is 27.7 Å². The van der Waals surface area contributed by atoms with Crippen LogP contribution >= 0.6 is 27.7 Å². The van der Waals surface area contributed by atoms with Crippen molar-refractivity contribution >= 4 is 51.6 Å². The fourth-order valence-corrected chi connectivity index (χ4v) is 7.38. The smallest absolute Gasteiger partial charge is 0.408 e. The van der Waals surface area contributed by atoms with E-state index in [9.17, 15) is 24.0 Å². The van der Waals surface area contributed by atoms with Crippen molar-refractivity contribution < 1.29 is 28.7 Å². The quantitative estimate of drug-likeness (QED) is 0.248. The fraction of sp³-hybridized carbons (Fsp3) is 0.576. The number of carbonyl (C=O) groups is 4. The van der Waals surface area contributed by atoms with E-state index >= 15 is 0 Å². The number of nitrogens with zero attached hydrogens (tertiary/aromatic N) is 5. The molecule has 1 aliphatic carbocycles. The average molecular weight is 761 g/mol. The van der Waals surface area contributed by atoms with Crippen LogP contribution in [0.3, 0.4) is 0 Å². The van der Waals surface area contributed by atoms with Gasteiger partial charge in [-0.1, -0.05) is 25.0 Å². The van der Waals surface area contributed by atoms with Gasteiger partial charge in [0.25, 0.3) is 5.56 Å². The van der Waals surface area contributed by atoms with Crippen molar-refractivity contribution in [2.75, 3.05) is 13.2 Å². The molecular weight excluding hydrogens is 718 g/mol. The van der Waals surface area contributed by atoms with Crippen LogP contribution < -0.4 is 16.2 Å². The number of alkyl carbamates (subject to hydrolysis) is 1. The minimum atomic E-state index is -1.25. The molecule has 4 heterocycles. The molecule has 2 aliphatic heterocycles. The zero-order chi connectivity index (χ0) is 35.3. The van der Waals surface area contributed by atoms with E-state index in [0.717, 1.165) is 19.3 Å². The molecule has 2 N–H and O–H groups in total. The Morgan fingerprint density at radius 1 is 1.16 bits per heavy atom. The number of aromatic nitrogens is 4. The predicted octanol–water partition coefficient (Wildman–Crippen LogP) is 3.94. The van der Waals surface area contributed by atoms with E-state index in [2.05, 4.69) is 41.6 Å². The molecule has 49 heavy (non-hydrogen) atoms. The third-order valence-electron chi connectivity index (χ3n) is 8.59. The molecular formula is C33H42BrN7O7S. The summed E-state index contributed by atoms with van der Waals surface area (Å²) in [5.74, 6) is -1.82. The number of halogens is 1. The first-order valence-electron chi connectivity index (χ1n) is 16.5. The van der Waals surface area contributed by atoms with Crippen molar-refractivity contribution in [1.29, 1.82) is 0 Å². The summed E-state index contributed by atoms with van der Waals surface area (Å²) in [6.45, 7) is 7.01. The van der Waals surface area contributed by atoms with Gasteiger partial charge in [-0.2, -0.15) is 5.10 Å². The Morgan fingerprint density at radius 2 is 1.92 bits per heavy atom. The first kappa shape index (κ1) is 36.5. The van der Waals surface area contributed by atoms with Crippen LogP contribution in [0, 0.1) is 5.92 Å². The van der Waals surface area contributed by atoms with E-state index < -0.39 is 58.7 Å². The van der Waals surface area contributed by atoms with E-state index in [0.29, 0.717) is 29.3 Å². The van der Waals surface area contributed by atoms with E-state index in [1.165, 1.54) is 27.5 Å². The number of fused-ring (bicyclic) bond motifs is 2. The van der Waals surface area contributed by atoms with Crippen LogP contribution in [0.4, 0.5) is 4.79 Å². The molecule has 264 valence electrons. The normalized spacial score (nSPS) is 26.7. The molecule has 14 nitrogen and oxygen atoms in total. The van der Waals surface area contributed by atoms with Crippen LogP contribution in [-0.2, 0) is 23.9 Å². The highest BCUT2D eigenvalue weighted by Gasteiger charge is 2.62. The van der Waals surface area contributed by atoms with Crippen LogP contribution in [0.1, 0.15) is 78.7 Å². The summed E-state index contributed by atoms with van der Waals surface area (Å²) >= 11 is 4.57. The van der Waals surface area contributed by atoms with E-state index in [4.69, 9.17) is 9.47 Å². The molecule has 2 fully saturated rings. The Hall–Kier alpha value is -3.79. The molecule has 5 atom stereocenters. The monoisotopic (exact) mass is 759 g/mol. The number of amides is 3. The van der Waals surface area contributed by atoms with Crippen LogP contribution in [0.2, 0.25) is 0 Å². The summed E-state index contributed by atoms with van der Waals surface area (Å²) in [6, 6.07) is -1.06. The van der Waals surface area contributed by atoms with Crippen molar-refractivity contribution in [1.82, 2.24) is 35.3 Å². The molecule has 0 unspecified atom stereocenters. The van der Waals surface area contributed by atoms with E-state index in [1.807, 2.05) is 12.2 Å². The average Bonchev–Trinajstić information content (AvgIpc) is 3.56. The molecule has 0 bridgehead atoms. The summed E-state index contributed by atoms with van der Waals surface area (Å²) in [7, 11) is 0. The van der Waals surface area contributed by atoms with Gasteiger partial charge in [-0.25, -0.2) is 24.2 Å². The summed E-state index contributed by atoms with van der Waals surface area (Å²) in [6.07, 6.45) is 11.7. The molecule has 0 spiro atoms. The lowest BCUT2D eigenvalue weighted by molar-refractivity contribution is -0.150. The topological polar surface area (TPSA) is 175 Å². The Bertz CT molecular complexity index is 1650. The molecule has 5 rings (SSSR count).